The third-order valence-electron chi connectivity index (χ3n) is 2.71. The highest BCUT2D eigenvalue weighted by atomic mass is 16.5. The molecule has 0 radical (unpaired) electrons. The molecule has 5 nitrogen and oxygen atoms in total. The second-order valence-electron chi connectivity index (χ2n) is 4.34. The second kappa shape index (κ2) is 7.79. The molecule has 0 aliphatic rings. The fourth-order valence-corrected chi connectivity index (χ4v) is 1.68. The molecule has 0 aliphatic carbocycles. The fraction of sp³-hybridized carbons (Fsp3) is 0.188. The molecule has 21 heavy (non-hydrogen) atoms. The summed E-state index contributed by atoms with van der Waals surface area (Å²) in [7, 11) is 0. The molecule has 0 spiro atoms. The van der Waals surface area contributed by atoms with Crippen LogP contribution in [-0.4, -0.2) is 25.7 Å². The van der Waals surface area contributed by atoms with Gasteiger partial charge in [0, 0.05) is 0 Å². The summed E-state index contributed by atoms with van der Waals surface area (Å²) in [5.74, 6) is 1.09. The van der Waals surface area contributed by atoms with Crippen molar-refractivity contribution in [1.82, 2.24) is 5.32 Å². The minimum Gasteiger partial charge on any atom is -0.490 e. The predicted molar refractivity (Wildman–Crippen MR) is 81.3 cm³/mol. The van der Waals surface area contributed by atoms with Gasteiger partial charge in [-0.3, -0.25) is 4.79 Å². The lowest BCUT2D eigenvalue weighted by atomic mass is 10.3. The van der Waals surface area contributed by atoms with Crippen LogP contribution in [0.3, 0.4) is 0 Å². The molecular weight excluding hydrogens is 268 g/mol. The Morgan fingerprint density at radius 3 is 2.48 bits per heavy atom. The van der Waals surface area contributed by atoms with Gasteiger partial charge < -0.3 is 20.5 Å². The van der Waals surface area contributed by atoms with Crippen LogP contribution in [0.15, 0.2) is 54.6 Å². The van der Waals surface area contributed by atoms with E-state index in [0.717, 1.165) is 0 Å². The Kier molecular flexibility index (Phi) is 5.46. The van der Waals surface area contributed by atoms with Gasteiger partial charge in [0.25, 0.3) is 5.91 Å². The Morgan fingerprint density at radius 1 is 1.00 bits per heavy atom. The maximum Gasteiger partial charge on any atom is 0.258 e. The average Bonchev–Trinajstić information content (AvgIpc) is 2.52. The molecule has 0 saturated heterocycles. The van der Waals surface area contributed by atoms with Crippen molar-refractivity contribution in [1.29, 1.82) is 0 Å². The molecule has 0 fully saturated rings. The number of carbonyl (C=O) groups excluding carboxylic acids is 1. The van der Waals surface area contributed by atoms with Crippen LogP contribution in [0.1, 0.15) is 0 Å². The summed E-state index contributed by atoms with van der Waals surface area (Å²) >= 11 is 0. The molecule has 1 amide bonds. The van der Waals surface area contributed by atoms with E-state index in [9.17, 15) is 4.79 Å². The fourth-order valence-electron chi connectivity index (χ4n) is 1.68. The number of nitrogen functional groups attached to an aromatic ring is 1. The van der Waals surface area contributed by atoms with Gasteiger partial charge in [0.15, 0.2) is 6.61 Å². The van der Waals surface area contributed by atoms with Crippen LogP contribution in [0.25, 0.3) is 0 Å². The van der Waals surface area contributed by atoms with E-state index < -0.39 is 0 Å². The lowest BCUT2D eigenvalue weighted by Crippen LogP contribution is -2.32. The SMILES string of the molecule is Nc1ccccc1OCCNC(=O)COc1ccccc1. The first-order valence-electron chi connectivity index (χ1n) is 6.67. The largest absolute Gasteiger partial charge is 0.490 e. The molecule has 110 valence electrons. The van der Waals surface area contributed by atoms with Gasteiger partial charge >= 0.3 is 0 Å². The van der Waals surface area contributed by atoms with E-state index in [2.05, 4.69) is 5.32 Å². The molecule has 2 rings (SSSR count). The minimum atomic E-state index is -0.191. The van der Waals surface area contributed by atoms with Gasteiger partial charge in [-0.25, -0.2) is 0 Å². The van der Waals surface area contributed by atoms with Crippen LogP contribution >= 0.6 is 0 Å². The molecule has 3 N–H and O–H groups in total. The van der Waals surface area contributed by atoms with Crippen LogP contribution in [0.5, 0.6) is 11.5 Å². The molecule has 0 unspecified atom stereocenters. The monoisotopic (exact) mass is 286 g/mol. The smallest absolute Gasteiger partial charge is 0.258 e. The number of amides is 1. The topological polar surface area (TPSA) is 73.6 Å². The van der Waals surface area contributed by atoms with Gasteiger partial charge in [-0.15, -0.1) is 0 Å². The summed E-state index contributed by atoms with van der Waals surface area (Å²) in [4.78, 5) is 11.6. The zero-order chi connectivity index (χ0) is 14.9. The molecule has 2 aromatic carbocycles. The number of para-hydroxylation sites is 3. The summed E-state index contributed by atoms with van der Waals surface area (Å²) in [5, 5.41) is 2.71. The summed E-state index contributed by atoms with van der Waals surface area (Å²) < 4.78 is 10.8. The highest BCUT2D eigenvalue weighted by Crippen LogP contribution is 2.19. The van der Waals surface area contributed by atoms with E-state index in [0.29, 0.717) is 30.3 Å². The number of ether oxygens (including phenoxy) is 2. The van der Waals surface area contributed by atoms with E-state index in [1.807, 2.05) is 30.3 Å². The third kappa shape index (κ3) is 5.06. The molecule has 0 heterocycles. The van der Waals surface area contributed by atoms with Gasteiger partial charge in [-0.2, -0.15) is 0 Å². The predicted octanol–water partition coefficient (Wildman–Crippen LogP) is 1.84. The molecule has 0 saturated carbocycles. The highest BCUT2D eigenvalue weighted by Gasteiger charge is 2.03. The van der Waals surface area contributed by atoms with Crippen LogP contribution in [0.4, 0.5) is 5.69 Å². The first-order valence-corrected chi connectivity index (χ1v) is 6.67. The maximum absolute atomic E-state index is 11.6. The van der Waals surface area contributed by atoms with E-state index in [4.69, 9.17) is 15.2 Å². The summed E-state index contributed by atoms with van der Waals surface area (Å²) in [6.45, 7) is 0.730. The number of anilines is 1. The quantitative estimate of drug-likeness (QED) is 0.601. The molecule has 5 heteroatoms. The Labute approximate surface area is 123 Å². The first-order chi connectivity index (χ1) is 10.3. The molecule has 2 aromatic rings. The summed E-state index contributed by atoms with van der Waals surface area (Å²) in [6.07, 6.45) is 0. The maximum atomic E-state index is 11.6. The molecule has 0 bridgehead atoms. The standard InChI is InChI=1S/C16H18N2O3/c17-14-8-4-5-9-15(14)20-11-10-18-16(19)12-21-13-6-2-1-3-7-13/h1-9H,10-12,17H2,(H,18,19). The number of nitrogens with two attached hydrogens (primary N) is 1. The Bertz CT molecular complexity index is 573. The van der Waals surface area contributed by atoms with Crippen molar-refractivity contribution >= 4 is 11.6 Å². The van der Waals surface area contributed by atoms with Gasteiger partial charge in [-0.1, -0.05) is 30.3 Å². The van der Waals surface area contributed by atoms with Crippen LogP contribution < -0.4 is 20.5 Å². The van der Waals surface area contributed by atoms with E-state index in [1.54, 1.807) is 24.3 Å². The second-order valence-corrected chi connectivity index (χ2v) is 4.34. The molecule has 0 aromatic heterocycles. The molecule has 0 aliphatic heterocycles. The number of rotatable bonds is 7. The summed E-state index contributed by atoms with van der Waals surface area (Å²) in [5.41, 5.74) is 6.32. The number of benzene rings is 2. The molecule has 0 atom stereocenters. The van der Waals surface area contributed by atoms with Crippen molar-refractivity contribution in [3.63, 3.8) is 0 Å². The van der Waals surface area contributed by atoms with Crippen molar-refractivity contribution < 1.29 is 14.3 Å². The lowest BCUT2D eigenvalue weighted by Gasteiger charge is -2.10. The van der Waals surface area contributed by atoms with Crippen molar-refractivity contribution in [2.45, 2.75) is 0 Å². The van der Waals surface area contributed by atoms with Gasteiger partial charge in [0.05, 0.1) is 12.2 Å². The van der Waals surface area contributed by atoms with E-state index >= 15 is 0 Å². The number of nitrogens with one attached hydrogen (secondary N) is 1. The van der Waals surface area contributed by atoms with E-state index in [1.165, 1.54) is 0 Å². The zero-order valence-corrected chi connectivity index (χ0v) is 11.6. The number of carbonyl (C=O) groups is 1. The van der Waals surface area contributed by atoms with Crippen molar-refractivity contribution in [3.05, 3.63) is 54.6 Å². The Morgan fingerprint density at radius 2 is 1.71 bits per heavy atom. The highest BCUT2D eigenvalue weighted by molar-refractivity contribution is 5.77. The minimum absolute atomic E-state index is 0.0164. The van der Waals surface area contributed by atoms with Crippen molar-refractivity contribution in [3.8, 4) is 11.5 Å². The van der Waals surface area contributed by atoms with Crippen molar-refractivity contribution in [2.75, 3.05) is 25.5 Å². The Balaban J connectivity index is 1.62. The Hall–Kier alpha value is -2.69. The van der Waals surface area contributed by atoms with Gasteiger partial charge in [0.2, 0.25) is 0 Å². The number of hydrogen-bond acceptors (Lipinski definition) is 4. The average molecular weight is 286 g/mol. The van der Waals surface area contributed by atoms with Gasteiger partial charge in [0.1, 0.15) is 18.1 Å². The zero-order valence-electron chi connectivity index (χ0n) is 11.6. The van der Waals surface area contributed by atoms with Crippen LogP contribution in [0, 0.1) is 0 Å². The lowest BCUT2D eigenvalue weighted by molar-refractivity contribution is -0.123. The molecular formula is C16H18N2O3. The number of hydrogen-bond donors (Lipinski definition) is 2. The van der Waals surface area contributed by atoms with Crippen LogP contribution in [0.2, 0.25) is 0 Å². The van der Waals surface area contributed by atoms with Crippen LogP contribution in [-0.2, 0) is 4.79 Å². The van der Waals surface area contributed by atoms with Gasteiger partial charge in [-0.05, 0) is 24.3 Å². The first kappa shape index (κ1) is 14.7. The normalized spacial score (nSPS) is 9.90. The van der Waals surface area contributed by atoms with E-state index in [-0.39, 0.29) is 12.5 Å². The summed E-state index contributed by atoms with van der Waals surface area (Å²) in [6, 6.07) is 16.4. The third-order valence-corrected chi connectivity index (χ3v) is 2.71. The van der Waals surface area contributed by atoms with Crippen molar-refractivity contribution in [2.24, 2.45) is 0 Å².